The summed E-state index contributed by atoms with van der Waals surface area (Å²) in [5, 5.41) is 10.6. The van der Waals surface area contributed by atoms with Crippen LogP contribution >= 0.6 is 11.6 Å². The molecule has 0 bridgehead atoms. The first kappa shape index (κ1) is 25.5. The van der Waals surface area contributed by atoms with E-state index in [2.05, 4.69) is 16.9 Å². The van der Waals surface area contributed by atoms with Crippen LogP contribution in [0.2, 0.25) is 5.02 Å². The lowest BCUT2D eigenvalue weighted by Gasteiger charge is -2.41. The number of piperidine rings is 2. The van der Waals surface area contributed by atoms with Crippen molar-refractivity contribution in [3.05, 3.63) is 35.0 Å². The van der Waals surface area contributed by atoms with Crippen LogP contribution in [0.4, 0.5) is 0 Å². The van der Waals surface area contributed by atoms with Crippen molar-refractivity contribution in [1.29, 1.82) is 0 Å². The van der Waals surface area contributed by atoms with Crippen molar-refractivity contribution >= 4 is 40.3 Å². The van der Waals surface area contributed by atoms with E-state index in [9.17, 15) is 19.5 Å². The molecule has 2 aliphatic heterocycles. The standard InChI is InChI=1S/C26H35ClN4O4/c1-29-11-7-17(8-12-29)18-9-13-31(14-10-18)26(35)23(5-6-24(32)33)30(2)25(34)22-16-19-15-20(27)3-4-21(19)28-22/h3-4,15-18,23,28H,5-14H2,1-2H3,(H,32,33)/t23-/m1/s1. The van der Waals surface area contributed by atoms with E-state index in [-0.39, 0.29) is 24.7 Å². The Balaban J connectivity index is 1.44. The van der Waals surface area contributed by atoms with Crippen LogP contribution in [0.15, 0.2) is 24.3 Å². The summed E-state index contributed by atoms with van der Waals surface area (Å²) < 4.78 is 0. The number of nitrogens with one attached hydrogen (secondary N) is 1. The molecule has 2 aliphatic rings. The summed E-state index contributed by atoms with van der Waals surface area (Å²) in [5.74, 6) is -0.149. The van der Waals surface area contributed by atoms with Crippen molar-refractivity contribution in [3.63, 3.8) is 0 Å². The van der Waals surface area contributed by atoms with Crippen LogP contribution in [0, 0.1) is 11.8 Å². The van der Waals surface area contributed by atoms with Crippen LogP contribution < -0.4 is 0 Å². The zero-order valence-electron chi connectivity index (χ0n) is 20.5. The lowest BCUT2D eigenvalue weighted by atomic mass is 9.79. The summed E-state index contributed by atoms with van der Waals surface area (Å²) in [7, 11) is 3.74. The summed E-state index contributed by atoms with van der Waals surface area (Å²) in [6.45, 7) is 3.58. The molecule has 35 heavy (non-hydrogen) atoms. The maximum Gasteiger partial charge on any atom is 0.303 e. The SMILES string of the molecule is CN1CCC(C2CCN(C(=O)[C@@H](CCC(=O)O)N(C)C(=O)c3cc4cc(Cl)ccc4[nH]3)CC2)CC1. The monoisotopic (exact) mass is 502 g/mol. The van der Waals surface area contributed by atoms with E-state index in [1.54, 1.807) is 31.3 Å². The third-order valence-corrected chi connectivity index (χ3v) is 8.03. The van der Waals surface area contributed by atoms with Crippen molar-refractivity contribution in [2.75, 3.05) is 40.3 Å². The molecular formula is C26H35ClN4O4. The van der Waals surface area contributed by atoms with Gasteiger partial charge in [0.2, 0.25) is 5.91 Å². The fourth-order valence-corrected chi connectivity index (χ4v) is 5.78. The zero-order chi connectivity index (χ0) is 25.1. The van der Waals surface area contributed by atoms with Gasteiger partial charge in [0.1, 0.15) is 11.7 Å². The Morgan fingerprint density at radius 3 is 2.34 bits per heavy atom. The number of likely N-dealkylation sites (N-methyl/N-ethyl adjacent to an activating group) is 1. The Labute approximate surface area is 211 Å². The van der Waals surface area contributed by atoms with E-state index < -0.39 is 12.0 Å². The first-order valence-corrected chi connectivity index (χ1v) is 12.8. The van der Waals surface area contributed by atoms with E-state index >= 15 is 0 Å². The number of amides is 2. The Kier molecular flexibility index (Phi) is 8.02. The number of carboxylic acid groups (broad SMARTS) is 1. The fourth-order valence-electron chi connectivity index (χ4n) is 5.60. The van der Waals surface area contributed by atoms with Crippen LogP contribution in [-0.4, -0.2) is 88.9 Å². The van der Waals surface area contributed by atoms with Crippen LogP contribution in [0.1, 0.15) is 49.0 Å². The molecule has 0 aliphatic carbocycles. The average molecular weight is 503 g/mol. The number of likely N-dealkylation sites (tertiary alicyclic amines) is 2. The van der Waals surface area contributed by atoms with E-state index in [1.807, 2.05) is 4.90 Å². The van der Waals surface area contributed by atoms with Gasteiger partial charge in [-0.1, -0.05) is 11.6 Å². The minimum atomic E-state index is -0.982. The predicted octanol–water partition coefficient (Wildman–Crippen LogP) is 3.71. The van der Waals surface area contributed by atoms with Gasteiger partial charge in [0.05, 0.1) is 0 Å². The highest BCUT2D eigenvalue weighted by Crippen LogP contribution is 2.32. The van der Waals surface area contributed by atoms with Crippen molar-refractivity contribution in [3.8, 4) is 0 Å². The molecule has 8 nitrogen and oxygen atoms in total. The summed E-state index contributed by atoms with van der Waals surface area (Å²) in [5.41, 5.74) is 1.12. The van der Waals surface area contributed by atoms with Gasteiger partial charge in [-0.05, 0) is 88.3 Å². The maximum atomic E-state index is 13.5. The number of rotatable bonds is 7. The van der Waals surface area contributed by atoms with Gasteiger partial charge in [0, 0.05) is 42.5 Å². The second-order valence-corrected chi connectivity index (χ2v) is 10.5. The Morgan fingerprint density at radius 2 is 1.71 bits per heavy atom. The lowest BCUT2D eigenvalue weighted by Crippen LogP contribution is -2.52. The number of fused-ring (bicyclic) bond motifs is 1. The molecule has 190 valence electrons. The molecule has 0 unspecified atom stereocenters. The second kappa shape index (κ2) is 11.0. The van der Waals surface area contributed by atoms with Crippen LogP contribution in [0.3, 0.4) is 0 Å². The lowest BCUT2D eigenvalue weighted by molar-refractivity contribution is -0.140. The van der Waals surface area contributed by atoms with Crippen molar-refractivity contribution < 1.29 is 19.5 Å². The molecule has 3 heterocycles. The minimum absolute atomic E-state index is 0.0807. The molecular weight excluding hydrogens is 468 g/mol. The van der Waals surface area contributed by atoms with Gasteiger partial charge in [-0.25, -0.2) is 0 Å². The molecule has 9 heteroatoms. The van der Waals surface area contributed by atoms with E-state index in [1.165, 1.54) is 17.7 Å². The van der Waals surface area contributed by atoms with Crippen molar-refractivity contribution in [2.45, 2.75) is 44.6 Å². The molecule has 2 amide bonds. The molecule has 0 radical (unpaired) electrons. The molecule has 4 rings (SSSR count). The molecule has 1 atom stereocenters. The Morgan fingerprint density at radius 1 is 1.09 bits per heavy atom. The molecule has 2 saturated heterocycles. The molecule has 1 aromatic heterocycles. The number of nitrogens with zero attached hydrogens (tertiary/aromatic N) is 3. The van der Waals surface area contributed by atoms with Gasteiger partial charge in [-0.2, -0.15) is 0 Å². The van der Waals surface area contributed by atoms with Gasteiger partial charge in [0.25, 0.3) is 5.91 Å². The van der Waals surface area contributed by atoms with Crippen molar-refractivity contribution in [2.24, 2.45) is 11.8 Å². The minimum Gasteiger partial charge on any atom is -0.481 e. The average Bonchev–Trinajstić information content (AvgIpc) is 3.27. The molecule has 0 saturated carbocycles. The van der Waals surface area contributed by atoms with Crippen LogP contribution in [0.5, 0.6) is 0 Å². The molecule has 2 N–H and O–H groups in total. The highest BCUT2D eigenvalue weighted by Gasteiger charge is 2.35. The Hall–Kier alpha value is -2.58. The quantitative estimate of drug-likeness (QED) is 0.601. The number of H-pyrrole nitrogens is 1. The third kappa shape index (κ3) is 5.98. The molecule has 2 aromatic rings. The first-order chi connectivity index (χ1) is 16.7. The smallest absolute Gasteiger partial charge is 0.303 e. The number of hydrogen-bond donors (Lipinski definition) is 2. The van der Waals surface area contributed by atoms with Crippen LogP contribution in [-0.2, 0) is 9.59 Å². The second-order valence-electron chi connectivity index (χ2n) is 10.1. The zero-order valence-corrected chi connectivity index (χ0v) is 21.3. The van der Waals surface area contributed by atoms with Gasteiger partial charge >= 0.3 is 5.97 Å². The number of aromatic amines is 1. The Bertz CT molecular complexity index is 1070. The maximum absolute atomic E-state index is 13.5. The summed E-state index contributed by atoms with van der Waals surface area (Å²) >= 11 is 6.07. The number of carboxylic acids is 1. The topological polar surface area (TPSA) is 96.9 Å². The van der Waals surface area contributed by atoms with Gasteiger partial charge < -0.3 is 24.8 Å². The van der Waals surface area contributed by atoms with Crippen molar-refractivity contribution in [1.82, 2.24) is 19.7 Å². The molecule has 0 spiro atoms. The predicted molar refractivity (Wildman–Crippen MR) is 136 cm³/mol. The van der Waals surface area contributed by atoms with Gasteiger partial charge in [0.15, 0.2) is 0 Å². The third-order valence-electron chi connectivity index (χ3n) is 7.80. The summed E-state index contributed by atoms with van der Waals surface area (Å²) in [6, 6.07) is 6.20. The van der Waals surface area contributed by atoms with Gasteiger partial charge in [-0.3, -0.25) is 14.4 Å². The number of aliphatic carboxylic acids is 1. The number of benzene rings is 1. The normalized spacial score (nSPS) is 19.1. The summed E-state index contributed by atoms with van der Waals surface area (Å²) in [4.78, 5) is 46.8. The van der Waals surface area contributed by atoms with E-state index in [0.717, 1.165) is 36.8 Å². The molecule has 2 fully saturated rings. The highest BCUT2D eigenvalue weighted by molar-refractivity contribution is 6.31. The largest absolute Gasteiger partial charge is 0.481 e. The number of hydrogen-bond acceptors (Lipinski definition) is 4. The fraction of sp³-hybridized carbons (Fsp3) is 0.577. The van der Waals surface area contributed by atoms with Gasteiger partial charge in [-0.15, -0.1) is 0 Å². The van der Waals surface area contributed by atoms with Crippen LogP contribution in [0.25, 0.3) is 10.9 Å². The number of carbonyl (C=O) groups excluding carboxylic acids is 2. The van der Waals surface area contributed by atoms with E-state index in [4.69, 9.17) is 11.6 Å². The number of carbonyl (C=O) groups is 3. The number of aromatic nitrogens is 1. The first-order valence-electron chi connectivity index (χ1n) is 12.5. The molecule has 1 aromatic carbocycles. The number of halogens is 1. The summed E-state index contributed by atoms with van der Waals surface area (Å²) in [6.07, 6.45) is 4.25. The van der Waals surface area contributed by atoms with E-state index in [0.29, 0.717) is 35.6 Å². The highest BCUT2D eigenvalue weighted by atomic mass is 35.5.